The molecule has 0 bridgehead atoms. The van der Waals surface area contributed by atoms with Gasteiger partial charge in [-0.3, -0.25) is 0 Å². The van der Waals surface area contributed by atoms with Gasteiger partial charge in [0, 0.05) is 0 Å². The number of rotatable bonds is 3. The van der Waals surface area contributed by atoms with E-state index in [1.165, 1.54) is 5.56 Å². The molecule has 0 aromatic heterocycles. The lowest BCUT2D eigenvalue weighted by molar-refractivity contribution is 0.362. The Labute approximate surface area is 73.7 Å². The maximum atomic E-state index is 5.41. The number of allylic oxidation sites excluding steroid dienone is 1. The van der Waals surface area contributed by atoms with Crippen molar-refractivity contribution in [2.45, 2.75) is 13.8 Å². The first-order valence-corrected chi connectivity index (χ1v) is 4.13. The van der Waals surface area contributed by atoms with Crippen LogP contribution in [0.2, 0.25) is 0 Å². The number of hydrogen-bond donors (Lipinski definition) is 0. The van der Waals surface area contributed by atoms with Crippen LogP contribution in [0.4, 0.5) is 0 Å². The Morgan fingerprint density at radius 1 is 1.25 bits per heavy atom. The molecular weight excluding hydrogens is 148 g/mol. The van der Waals surface area contributed by atoms with E-state index in [9.17, 15) is 0 Å². The van der Waals surface area contributed by atoms with Crippen LogP contribution < -0.4 is 4.74 Å². The predicted octanol–water partition coefficient (Wildman–Crippen LogP) is 2.95. The molecule has 0 heterocycles. The molecule has 0 saturated heterocycles. The molecule has 0 spiro atoms. The summed E-state index contributed by atoms with van der Waals surface area (Å²) < 4.78 is 5.41. The van der Waals surface area contributed by atoms with Crippen molar-refractivity contribution in [2.24, 2.45) is 0 Å². The Morgan fingerprint density at radius 2 is 1.92 bits per heavy atom. The van der Waals surface area contributed by atoms with Gasteiger partial charge in [-0.15, -0.1) is 0 Å². The molecule has 0 unspecified atom stereocenters. The fourth-order valence-electron chi connectivity index (χ4n) is 0.875. The van der Waals surface area contributed by atoms with Crippen molar-refractivity contribution in [3.8, 4) is 5.75 Å². The van der Waals surface area contributed by atoms with Crippen LogP contribution in [0.3, 0.4) is 0 Å². The molecule has 1 aromatic carbocycles. The molecule has 0 N–H and O–H groups in total. The monoisotopic (exact) mass is 162 g/mol. The molecule has 0 radical (unpaired) electrons. The molecule has 64 valence electrons. The van der Waals surface area contributed by atoms with E-state index in [1.807, 2.05) is 43.3 Å². The zero-order valence-electron chi connectivity index (χ0n) is 7.58. The molecule has 0 aliphatic carbocycles. The highest BCUT2D eigenvalue weighted by Gasteiger charge is 1.89. The van der Waals surface area contributed by atoms with E-state index in [-0.39, 0.29) is 0 Å². The van der Waals surface area contributed by atoms with Crippen LogP contribution in [-0.2, 0) is 0 Å². The largest absolute Gasteiger partial charge is 0.490 e. The minimum absolute atomic E-state index is 0.652. The lowest BCUT2D eigenvalue weighted by atomic mass is 10.2. The average Bonchev–Trinajstić information content (AvgIpc) is 2.09. The smallest absolute Gasteiger partial charge is 0.119 e. The summed E-state index contributed by atoms with van der Waals surface area (Å²) in [7, 11) is 0. The highest BCUT2D eigenvalue weighted by Crippen LogP contribution is 2.10. The highest BCUT2D eigenvalue weighted by molar-refractivity contribution is 5.26. The summed E-state index contributed by atoms with van der Waals surface area (Å²) in [6.45, 7) is 4.70. The second kappa shape index (κ2) is 4.60. The van der Waals surface area contributed by atoms with Crippen molar-refractivity contribution >= 4 is 0 Å². The summed E-state index contributed by atoms with van der Waals surface area (Å²) >= 11 is 0. The molecule has 0 amide bonds. The Bertz CT molecular complexity index is 246. The molecule has 1 heteroatoms. The molecule has 0 atom stereocenters. The molecule has 12 heavy (non-hydrogen) atoms. The SMILES string of the molecule is C/C=C/COc1ccc(C)cc1. The van der Waals surface area contributed by atoms with Gasteiger partial charge in [0.2, 0.25) is 0 Å². The van der Waals surface area contributed by atoms with Crippen LogP contribution in [0, 0.1) is 6.92 Å². The maximum absolute atomic E-state index is 5.41. The Hall–Kier alpha value is -1.24. The first-order valence-electron chi connectivity index (χ1n) is 4.13. The zero-order chi connectivity index (χ0) is 8.81. The zero-order valence-corrected chi connectivity index (χ0v) is 7.58. The standard InChI is InChI=1S/C11H14O/c1-3-4-9-12-11-7-5-10(2)6-8-11/h3-8H,9H2,1-2H3/b4-3+. The van der Waals surface area contributed by atoms with E-state index in [2.05, 4.69) is 6.92 Å². The number of hydrogen-bond acceptors (Lipinski definition) is 1. The second-order valence-corrected chi connectivity index (χ2v) is 2.69. The first kappa shape index (κ1) is 8.85. The predicted molar refractivity (Wildman–Crippen MR) is 51.5 cm³/mol. The Kier molecular flexibility index (Phi) is 3.39. The molecule has 0 saturated carbocycles. The molecule has 0 aliphatic rings. The van der Waals surface area contributed by atoms with E-state index < -0.39 is 0 Å². The third-order valence-corrected chi connectivity index (χ3v) is 1.60. The summed E-state index contributed by atoms with van der Waals surface area (Å²) in [6.07, 6.45) is 3.97. The minimum Gasteiger partial charge on any atom is -0.490 e. The summed E-state index contributed by atoms with van der Waals surface area (Å²) in [6, 6.07) is 8.06. The van der Waals surface area contributed by atoms with E-state index in [1.54, 1.807) is 0 Å². The highest BCUT2D eigenvalue weighted by atomic mass is 16.5. The van der Waals surface area contributed by atoms with E-state index in [4.69, 9.17) is 4.74 Å². The number of ether oxygens (including phenoxy) is 1. The van der Waals surface area contributed by atoms with Gasteiger partial charge in [0.1, 0.15) is 12.4 Å². The van der Waals surface area contributed by atoms with Crippen molar-refractivity contribution in [2.75, 3.05) is 6.61 Å². The molecule has 1 aromatic rings. The van der Waals surface area contributed by atoms with Crippen LogP contribution >= 0.6 is 0 Å². The van der Waals surface area contributed by atoms with Crippen LogP contribution in [-0.4, -0.2) is 6.61 Å². The normalized spacial score (nSPS) is 10.5. The van der Waals surface area contributed by atoms with Gasteiger partial charge >= 0.3 is 0 Å². The van der Waals surface area contributed by atoms with Crippen molar-refractivity contribution in [1.82, 2.24) is 0 Å². The maximum Gasteiger partial charge on any atom is 0.119 e. The van der Waals surface area contributed by atoms with Crippen LogP contribution in [0.1, 0.15) is 12.5 Å². The van der Waals surface area contributed by atoms with Gasteiger partial charge in [-0.2, -0.15) is 0 Å². The molecular formula is C11H14O. The van der Waals surface area contributed by atoms with Gasteiger partial charge in [0.25, 0.3) is 0 Å². The van der Waals surface area contributed by atoms with E-state index >= 15 is 0 Å². The van der Waals surface area contributed by atoms with Crippen molar-refractivity contribution in [1.29, 1.82) is 0 Å². The molecule has 1 rings (SSSR count). The Morgan fingerprint density at radius 3 is 2.50 bits per heavy atom. The summed E-state index contributed by atoms with van der Waals surface area (Å²) in [4.78, 5) is 0. The van der Waals surface area contributed by atoms with Gasteiger partial charge in [-0.05, 0) is 26.0 Å². The Balaban J connectivity index is 2.47. The second-order valence-electron chi connectivity index (χ2n) is 2.69. The lowest BCUT2D eigenvalue weighted by Crippen LogP contribution is -1.92. The topological polar surface area (TPSA) is 9.23 Å². The fourth-order valence-corrected chi connectivity index (χ4v) is 0.875. The first-order chi connectivity index (χ1) is 5.83. The van der Waals surface area contributed by atoms with E-state index in [0.717, 1.165) is 5.75 Å². The molecule has 0 fully saturated rings. The van der Waals surface area contributed by atoms with Crippen molar-refractivity contribution < 1.29 is 4.74 Å². The number of benzene rings is 1. The van der Waals surface area contributed by atoms with Crippen molar-refractivity contribution in [3.05, 3.63) is 42.0 Å². The van der Waals surface area contributed by atoms with Gasteiger partial charge in [0.05, 0.1) is 0 Å². The van der Waals surface area contributed by atoms with Gasteiger partial charge in [0.15, 0.2) is 0 Å². The fraction of sp³-hybridized carbons (Fsp3) is 0.273. The van der Waals surface area contributed by atoms with Gasteiger partial charge < -0.3 is 4.74 Å². The lowest BCUT2D eigenvalue weighted by Gasteiger charge is -2.02. The summed E-state index contributed by atoms with van der Waals surface area (Å²) in [5.41, 5.74) is 1.26. The van der Waals surface area contributed by atoms with Gasteiger partial charge in [-0.25, -0.2) is 0 Å². The third-order valence-electron chi connectivity index (χ3n) is 1.60. The molecule has 0 aliphatic heterocycles. The van der Waals surface area contributed by atoms with Gasteiger partial charge in [-0.1, -0.05) is 29.8 Å². The van der Waals surface area contributed by atoms with Crippen LogP contribution in [0.5, 0.6) is 5.75 Å². The van der Waals surface area contributed by atoms with Crippen molar-refractivity contribution in [3.63, 3.8) is 0 Å². The quantitative estimate of drug-likeness (QED) is 0.621. The third kappa shape index (κ3) is 2.79. The van der Waals surface area contributed by atoms with E-state index in [0.29, 0.717) is 6.61 Å². The average molecular weight is 162 g/mol. The summed E-state index contributed by atoms with van der Waals surface area (Å²) in [5.74, 6) is 0.929. The van der Waals surface area contributed by atoms with Crippen LogP contribution in [0.25, 0.3) is 0 Å². The minimum atomic E-state index is 0.652. The number of aryl methyl sites for hydroxylation is 1. The molecule has 1 nitrogen and oxygen atoms in total. The summed E-state index contributed by atoms with van der Waals surface area (Å²) in [5, 5.41) is 0. The van der Waals surface area contributed by atoms with Crippen LogP contribution in [0.15, 0.2) is 36.4 Å².